The first-order valence-corrected chi connectivity index (χ1v) is 9.35. The Balaban J connectivity index is 1.96. The summed E-state index contributed by atoms with van der Waals surface area (Å²) in [6.45, 7) is 4.03. The number of amides is 2. The monoisotopic (exact) mass is 379 g/mol. The maximum Gasteiger partial charge on any atom is 0.348 e. The van der Waals surface area contributed by atoms with E-state index in [9.17, 15) is 18.0 Å². The third-order valence-corrected chi connectivity index (χ3v) is 5.05. The van der Waals surface area contributed by atoms with E-state index in [2.05, 4.69) is 20.3 Å². The summed E-state index contributed by atoms with van der Waals surface area (Å²) in [7, 11) is -2.28. The third-order valence-electron chi connectivity index (χ3n) is 3.64. The molecule has 0 unspecified atom stereocenters. The molecule has 2 amide bonds. The lowest BCUT2D eigenvalue weighted by Crippen LogP contribution is -2.35. The number of anilines is 1. The van der Waals surface area contributed by atoms with Gasteiger partial charge in [0.2, 0.25) is 10.0 Å². The Labute approximate surface area is 151 Å². The molecule has 0 aliphatic carbocycles. The molecule has 0 saturated heterocycles. The SMILES string of the molecule is CNS(=O)(=O)c1cccc(NC(=O)NCCn2c(C)cc(C)nc2=O)c1. The highest BCUT2D eigenvalue weighted by Gasteiger charge is 2.12. The Morgan fingerprint density at radius 1 is 1.23 bits per heavy atom. The molecule has 2 rings (SSSR count). The number of aryl methyl sites for hydroxylation is 2. The summed E-state index contributed by atoms with van der Waals surface area (Å²) >= 11 is 0. The molecule has 0 atom stereocenters. The number of benzene rings is 1. The molecule has 0 fully saturated rings. The van der Waals surface area contributed by atoms with Crippen LogP contribution in [0.2, 0.25) is 0 Å². The summed E-state index contributed by atoms with van der Waals surface area (Å²) in [6.07, 6.45) is 0. The molecule has 0 aliphatic rings. The Bertz CT molecular complexity index is 969. The summed E-state index contributed by atoms with van der Waals surface area (Å²) in [6, 6.07) is 7.16. The van der Waals surface area contributed by atoms with Gasteiger partial charge in [-0.25, -0.2) is 22.7 Å². The van der Waals surface area contributed by atoms with E-state index >= 15 is 0 Å². The average molecular weight is 379 g/mol. The molecule has 10 heteroatoms. The maximum atomic E-state index is 12.0. The van der Waals surface area contributed by atoms with Gasteiger partial charge >= 0.3 is 11.7 Å². The highest BCUT2D eigenvalue weighted by Crippen LogP contribution is 2.14. The van der Waals surface area contributed by atoms with Crippen LogP contribution in [-0.2, 0) is 16.6 Å². The molecular formula is C16H21N5O4S. The van der Waals surface area contributed by atoms with E-state index in [1.807, 2.05) is 0 Å². The second kappa shape index (κ2) is 8.11. The molecule has 3 N–H and O–H groups in total. The van der Waals surface area contributed by atoms with Crippen LogP contribution in [0.25, 0.3) is 0 Å². The van der Waals surface area contributed by atoms with Crippen LogP contribution in [0.1, 0.15) is 11.4 Å². The molecular weight excluding hydrogens is 358 g/mol. The van der Waals surface area contributed by atoms with E-state index in [0.29, 0.717) is 11.4 Å². The average Bonchev–Trinajstić information content (AvgIpc) is 2.57. The van der Waals surface area contributed by atoms with Gasteiger partial charge in [0.1, 0.15) is 0 Å². The number of nitrogens with zero attached hydrogens (tertiary/aromatic N) is 2. The maximum absolute atomic E-state index is 12.0. The van der Waals surface area contributed by atoms with Gasteiger partial charge in [-0.1, -0.05) is 6.07 Å². The lowest BCUT2D eigenvalue weighted by atomic mass is 10.3. The van der Waals surface area contributed by atoms with Gasteiger partial charge in [-0.3, -0.25) is 4.57 Å². The Hall–Kier alpha value is -2.72. The molecule has 26 heavy (non-hydrogen) atoms. The third kappa shape index (κ3) is 4.90. The number of sulfonamides is 1. The van der Waals surface area contributed by atoms with Crippen molar-refractivity contribution in [3.63, 3.8) is 0 Å². The second-order valence-electron chi connectivity index (χ2n) is 5.59. The lowest BCUT2D eigenvalue weighted by Gasteiger charge is -2.12. The molecule has 0 bridgehead atoms. The summed E-state index contributed by atoms with van der Waals surface area (Å²) < 4.78 is 27.2. The van der Waals surface area contributed by atoms with Gasteiger partial charge < -0.3 is 10.6 Å². The van der Waals surface area contributed by atoms with Crippen LogP contribution in [0.15, 0.2) is 40.0 Å². The number of hydrogen-bond donors (Lipinski definition) is 3. The fraction of sp³-hybridized carbons (Fsp3) is 0.312. The van der Waals surface area contributed by atoms with E-state index in [1.54, 1.807) is 26.0 Å². The summed E-state index contributed by atoms with van der Waals surface area (Å²) in [5.41, 5.74) is 1.37. The van der Waals surface area contributed by atoms with E-state index < -0.39 is 16.1 Å². The number of aromatic nitrogens is 2. The number of carbonyl (C=O) groups is 1. The second-order valence-corrected chi connectivity index (χ2v) is 7.48. The smallest absolute Gasteiger partial charge is 0.336 e. The fourth-order valence-corrected chi connectivity index (χ4v) is 3.14. The number of urea groups is 1. The van der Waals surface area contributed by atoms with Crippen molar-refractivity contribution in [3.8, 4) is 0 Å². The van der Waals surface area contributed by atoms with Crippen molar-refractivity contribution >= 4 is 21.7 Å². The van der Waals surface area contributed by atoms with Crippen LogP contribution in [0.4, 0.5) is 10.5 Å². The zero-order valence-electron chi connectivity index (χ0n) is 14.7. The number of carbonyl (C=O) groups excluding carboxylic acids is 1. The van der Waals surface area contributed by atoms with E-state index in [-0.39, 0.29) is 23.7 Å². The minimum Gasteiger partial charge on any atom is -0.336 e. The number of nitrogens with one attached hydrogen (secondary N) is 3. The first-order valence-electron chi connectivity index (χ1n) is 7.86. The predicted octanol–water partition coefficient (Wildman–Crippen LogP) is 0.590. The van der Waals surface area contributed by atoms with Gasteiger partial charge in [0, 0.05) is 30.2 Å². The van der Waals surface area contributed by atoms with Gasteiger partial charge in [-0.2, -0.15) is 4.98 Å². The molecule has 0 spiro atoms. The standard InChI is InChI=1S/C16H21N5O4S/c1-11-9-12(2)21(16(23)19-11)8-7-18-15(22)20-13-5-4-6-14(10-13)26(24,25)17-3/h4-6,9-10,17H,7-8H2,1-3H3,(H2,18,20,22). The van der Waals surface area contributed by atoms with Gasteiger partial charge in [0.25, 0.3) is 0 Å². The number of hydrogen-bond acceptors (Lipinski definition) is 5. The topological polar surface area (TPSA) is 122 Å². The van der Waals surface area contributed by atoms with Gasteiger partial charge in [0.15, 0.2) is 0 Å². The Morgan fingerprint density at radius 3 is 2.62 bits per heavy atom. The first-order chi connectivity index (χ1) is 12.2. The lowest BCUT2D eigenvalue weighted by molar-refractivity contribution is 0.251. The van der Waals surface area contributed by atoms with E-state index in [0.717, 1.165) is 5.69 Å². The molecule has 140 valence electrons. The van der Waals surface area contributed by atoms with Crippen molar-refractivity contribution in [3.05, 3.63) is 52.2 Å². The van der Waals surface area contributed by atoms with Gasteiger partial charge in [-0.05, 0) is 45.2 Å². The van der Waals surface area contributed by atoms with Crippen molar-refractivity contribution < 1.29 is 13.2 Å². The molecule has 2 aromatic rings. The first kappa shape index (κ1) is 19.6. The van der Waals surface area contributed by atoms with Crippen LogP contribution >= 0.6 is 0 Å². The molecule has 1 aromatic carbocycles. The summed E-state index contributed by atoms with van der Waals surface area (Å²) in [5, 5.41) is 5.18. The van der Waals surface area contributed by atoms with Crippen LogP contribution in [0.5, 0.6) is 0 Å². The molecule has 1 heterocycles. The van der Waals surface area contributed by atoms with Gasteiger partial charge in [0.05, 0.1) is 4.90 Å². The minimum atomic E-state index is -3.59. The van der Waals surface area contributed by atoms with Crippen molar-refractivity contribution in [1.82, 2.24) is 19.6 Å². The van der Waals surface area contributed by atoms with Crippen molar-refractivity contribution in [2.75, 3.05) is 18.9 Å². The summed E-state index contributed by atoms with van der Waals surface area (Å²) in [5.74, 6) is 0. The normalized spacial score (nSPS) is 11.2. The molecule has 9 nitrogen and oxygen atoms in total. The van der Waals surface area contributed by atoms with Crippen LogP contribution in [0.3, 0.4) is 0 Å². The van der Waals surface area contributed by atoms with Crippen LogP contribution in [-0.4, -0.2) is 37.6 Å². The largest absolute Gasteiger partial charge is 0.348 e. The quantitative estimate of drug-likeness (QED) is 0.678. The zero-order chi connectivity index (χ0) is 19.3. The van der Waals surface area contributed by atoms with Gasteiger partial charge in [-0.15, -0.1) is 0 Å². The minimum absolute atomic E-state index is 0.0470. The molecule has 0 radical (unpaired) electrons. The van der Waals surface area contributed by atoms with Crippen molar-refractivity contribution in [2.24, 2.45) is 0 Å². The number of rotatable bonds is 6. The van der Waals surface area contributed by atoms with E-state index in [1.165, 1.54) is 29.8 Å². The molecule has 0 saturated carbocycles. The van der Waals surface area contributed by atoms with Crippen molar-refractivity contribution in [2.45, 2.75) is 25.3 Å². The Kier molecular flexibility index (Phi) is 6.11. The zero-order valence-corrected chi connectivity index (χ0v) is 15.6. The van der Waals surface area contributed by atoms with Crippen molar-refractivity contribution in [1.29, 1.82) is 0 Å². The fourth-order valence-electron chi connectivity index (χ4n) is 2.36. The van der Waals surface area contributed by atoms with Crippen LogP contribution < -0.4 is 21.0 Å². The summed E-state index contributed by atoms with van der Waals surface area (Å²) in [4.78, 5) is 27.7. The highest BCUT2D eigenvalue weighted by molar-refractivity contribution is 7.89. The molecule has 1 aromatic heterocycles. The molecule has 0 aliphatic heterocycles. The van der Waals surface area contributed by atoms with Crippen LogP contribution in [0, 0.1) is 13.8 Å². The van der Waals surface area contributed by atoms with E-state index in [4.69, 9.17) is 0 Å². The predicted molar refractivity (Wildman–Crippen MR) is 97.7 cm³/mol. The highest BCUT2D eigenvalue weighted by atomic mass is 32.2. The Morgan fingerprint density at radius 2 is 1.96 bits per heavy atom.